The molecule has 0 saturated carbocycles. The molecular formula is C22H16N2O11S3-2. The van der Waals surface area contributed by atoms with Gasteiger partial charge in [0.15, 0.2) is 21.4 Å². The number of nitrogens with one attached hydrogen (secondary N) is 1. The fourth-order valence-electron chi connectivity index (χ4n) is 3.86. The SMILES string of the molecule is Nc1c(S(=O)(=O)[O-])cc(Nc2ccc(S(=O)(=O)CCOS(=O)(=O)[O-])cc2)c2c1C(=O)c1ccccc1C2=O. The van der Waals surface area contributed by atoms with E-state index < -0.39 is 70.4 Å². The van der Waals surface area contributed by atoms with Crippen molar-refractivity contribution in [2.75, 3.05) is 23.4 Å². The summed E-state index contributed by atoms with van der Waals surface area (Å²) in [5, 5.41) is 2.72. The van der Waals surface area contributed by atoms with Crippen LogP contribution in [0.15, 0.2) is 64.4 Å². The summed E-state index contributed by atoms with van der Waals surface area (Å²) < 4.78 is 95.8. The molecule has 3 aromatic rings. The average Bonchev–Trinajstić information content (AvgIpc) is 2.82. The van der Waals surface area contributed by atoms with Crippen LogP contribution in [0.3, 0.4) is 0 Å². The van der Waals surface area contributed by atoms with E-state index in [1.54, 1.807) is 0 Å². The van der Waals surface area contributed by atoms with Crippen molar-refractivity contribution in [3.05, 3.63) is 76.9 Å². The number of anilines is 3. The summed E-state index contributed by atoms with van der Waals surface area (Å²) in [5.41, 5.74) is 4.39. The van der Waals surface area contributed by atoms with Gasteiger partial charge in [-0.1, -0.05) is 24.3 Å². The van der Waals surface area contributed by atoms with Crippen LogP contribution in [0.4, 0.5) is 17.1 Å². The Hall–Kier alpha value is -3.67. The van der Waals surface area contributed by atoms with E-state index in [1.807, 2.05) is 0 Å². The lowest BCUT2D eigenvalue weighted by Gasteiger charge is -2.25. The summed E-state index contributed by atoms with van der Waals surface area (Å²) in [6.45, 7) is -0.893. The van der Waals surface area contributed by atoms with Gasteiger partial charge in [-0.2, -0.15) is 0 Å². The second-order valence-electron chi connectivity index (χ2n) is 7.94. The van der Waals surface area contributed by atoms with Crippen molar-refractivity contribution >= 4 is 59.0 Å². The Balaban J connectivity index is 1.75. The number of nitrogens with two attached hydrogens (primary N) is 1. The fraction of sp³-hybridized carbons (Fsp3) is 0.0909. The average molecular weight is 581 g/mol. The predicted molar refractivity (Wildman–Crippen MR) is 130 cm³/mol. The number of carbonyl (C=O) groups is 2. The zero-order valence-corrected chi connectivity index (χ0v) is 21.4. The second-order valence-corrected chi connectivity index (χ2v) is 12.5. The smallest absolute Gasteiger partial charge is 0.217 e. The number of ketones is 2. The molecule has 0 amide bonds. The van der Waals surface area contributed by atoms with Crippen LogP contribution in [0.2, 0.25) is 0 Å². The highest BCUT2D eigenvalue weighted by molar-refractivity contribution is 7.91. The molecule has 0 fully saturated rings. The zero-order valence-electron chi connectivity index (χ0n) is 18.9. The van der Waals surface area contributed by atoms with Gasteiger partial charge >= 0.3 is 0 Å². The second kappa shape index (κ2) is 9.57. The minimum absolute atomic E-state index is 0.0218. The molecule has 1 aliphatic rings. The summed E-state index contributed by atoms with van der Waals surface area (Å²) in [7, 11) is -14.3. The van der Waals surface area contributed by atoms with Gasteiger partial charge < -0.3 is 20.2 Å². The molecule has 0 unspecified atom stereocenters. The molecule has 1 aliphatic carbocycles. The van der Waals surface area contributed by atoms with E-state index in [4.69, 9.17) is 5.73 Å². The molecule has 200 valence electrons. The number of sulfone groups is 1. The standard InChI is InChI=1S/C22H18N2O11S3/c23-20-17(37(29,30)31)11-16(18-19(20)22(26)15-4-2-1-3-14(15)21(18)25)24-12-5-7-13(8-6-12)36(27,28)10-9-35-38(32,33)34/h1-8,11,24H,9-10,23H2,(H,29,30,31)(H,32,33,34)/p-2. The highest BCUT2D eigenvalue weighted by atomic mass is 32.3. The fourth-order valence-corrected chi connectivity index (χ4v) is 5.98. The van der Waals surface area contributed by atoms with Crippen LogP contribution in [0.5, 0.6) is 0 Å². The van der Waals surface area contributed by atoms with Gasteiger partial charge in [-0.05, 0) is 30.3 Å². The van der Waals surface area contributed by atoms with Crippen LogP contribution in [0.1, 0.15) is 31.8 Å². The molecule has 0 aromatic heterocycles. The third-order valence-electron chi connectivity index (χ3n) is 5.54. The Morgan fingerprint density at radius 1 is 0.816 bits per heavy atom. The third-order valence-corrected chi connectivity index (χ3v) is 8.57. The van der Waals surface area contributed by atoms with Gasteiger partial charge in [0, 0.05) is 16.8 Å². The van der Waals surface area contributed by atoms with Crippen molar-refractivity contribution in [1.29, 1.82) is 0 Å². The molecule has 3 aromatic carbocycles. The van der Waals surface area contributed by atoms with Crippen molar-refractivity contribution in [2.24, 2.45) is 0 Å². The molecule has 0 bridgehead atoms. The molecule has 3 N–H and O–H groups in total. The minimum Gasteiger partial charge on any atom is -0.744 e. The third kappa shape index (κ3) is 5.31. The monoisotopic (exact) mass is 580 g/mol. The number of hydrogen-bond acceptors (Lipinski definition) is 13. The van der Waals surface area contributed by atoms with Crippen molar-refractivity contribution in [3.63, 3.8) is 0 Å². The maximum absolute atomic E-state index is 13.3. The zero-order chi connectivity index (χ0) is 28.0. The van der Waals surface area contributed by atoms with Crippen LogP contribution < -0.4 is 11.1 Å². The van der Waals surface area contributed by atoms with Crippen molar-refractivity contribution in [1.82, 2.24) is 0 Å². The lowest BCUT2D eigenvalue weighted by atomic mass is 9.82. The first kappa shape index (κ1) is 27.4. The Kier molecular flexibility index (Phi) is 6.89. The largest absolute Gasteiger partial charge is 0.744 e. The number of fused-ring (bicyclic) bond motifs is 2. The highest BCUT2D eigenvalue weighted by Gasteiger charge is 2.35. The summed E-state index contributed by atoms with van der Waals surface area (Å²) >= 11 is 0. The number of hydrogen-bond donors (Lipinski definition) is 2. The first-order valence-electron chi connectivity index (χ1n) is 10.4. The number of carbonyl (C=O) groups excluding carboxylic acids is 2. The van der Waals surface area contributed by atoms with Gasteiger partial charge in [-0.25, -0.2) is 25.3 Å². The molecular weight excluding hydrogens is 564 g/mol. The van der Waals surface area contributed by atoms with Crippen LogP contribution >= 0.6 is 0 Å². The van der Waals surface area contributed by atoms with Gasteiger partial charge in [0.1, 0.15) is 10.1 Å². The first-order valence-corrected chi connectivity index (χ1v) is 14.8. The molecule has 0 heterocycles. The first-order chi connectivity index (χ1) is 17.6. The van der Waals surface area contributed by atoms with Gasteiger partial charge in [-0.15, -0.1) is 0 Å². The van der Waals surface area contributed by atoms with E-state index in [0.717, 1.165) is 18.2 Å². The normalized spacial score (nSPS) is 13.6. The van der Waals surface area contributed by atoms with Crippen molar-refractivity contribution in [3.8, 4) is 0 Å². The summed E-state index contributed by atoms with van der Waals surface area (Å²) in [4.78, 5) is 25.3. The number of benzene rings is 3. The lowest BCUT2D eigenvalue weighted by molar-refractivity contribution is 0.0980. The molecule has 16 heteroatoms. The molecule has 0 radical (unpaired) electrons. The van der Waals surface area contributed by atoms with Gasteiger partial charge in [0.2, 0.25) is 10.4 Å². The molecule has 0 saturated heterocycles. The van der Waals surface area contributed by atoms with Crippen LogP contribution in [0, 0.1) is 0 Å². The summed E-state index contributed by atoms with van der Waals surface area (Å²) in [5.74, 6) is -2.23. The van der Waals surface area contributed by atoms with Gasteiger partial charge in [-0.3, -0.25) is 13.8 Å². The van der Waals surface area contributed by atoms with Crippen LogP contribution in [0.25, 0.3) is 0 Å². The molecule has 0 spiro atoms. The van der Waals surface area contributed by atoms with Crippen LogP contribution in [-0.4, -0.2) is 58.3 Å². The Bertz CT molecular complexity index is 1810. The maximum atomic E-state index is 13.3. The Labute approximate surface area is 216 Å². The van der Waals surface area contributed by atoms with Gasteiger partial charge in [0.05, 0.1) is 44.7 Å². The maximum Gasteiger partial charge on any atom is 0.217 e. The van der Waals surface area contributed by atoms with E-state index in [9.17, 15) is 43.9 Å². The van der Waals surface area contributed by atoms with Crippen LogP contribution in [-0.2, 0) is 34.5 Å². The Morgan fingerprint density at radius 2 is 1.37 bits per heavy atom. The lowest BCUT2D eigenvalue weighted by Crippen LogP contribution is -2.25. The van der Waals surface area contributed by atoms with E-state index in [2.05, 4.69) is 9.50 Å². The molecule has 13 nitrogen and oxygen atoms in total. The van der Waals surface area contributed by atoms with E-state index in [1.165, 1.54) is 36.4 Å². The van der Waals surface area contributed by atoms with Gasteiger partial charge in [0.25, 0.3) is 0 Å². The van der Waals surface area contributed by atoms with E-state index >= 15 is 0 Å². The molecule has 38 heavy (non-hydrogen) atoms. The number of rotatable bonds is 8. The predicted octanol–water partition coefficient (Wildman–Crippen LogP) is 0.942. The highest BCUT2D eigenvalue weighted by Crippen LogP contribution is 2.40. The molecule has 0 aliphatic heterocycles. The van der Waals surface area contributed by atoms with Crippen molar-refractivity contribution < 1.29 is 48.1 Å². The molecule has 0 atom stereocenters. The minimum atomic E-state index is -5.18. The quantitative estimate of drug-likeness (QED) is 0.168. The van der Waals surface area contributed by atoms with E-state index in [0.29, 0.717) is 0 Å². The summed E-state index contributed by atoms with van der Waals surface area (Å²) in [6, 6.07) is 11.3. The topological polar surface area (TPSA) is 230 Å². The van der Waals surface area contributed by atoms with E-state index in [-0.39, 0.29) is 33.0 Å². The molecule has 4 rings (SSSR count). The number of nitrogen functional groups attached to an aromatic ring is 1. The Morgan fingerprint density at radius 3 is 1.89 bits per heavy atom. The van der Waals surface area contributed by atoms with Crippen molar-refractivity contribution in [2.45, 2.75) is 9.79 Å². The summed E-state index contributed by atoms with van der Waals surface area (Å²) in [6.07, 6.45) is 0.